The van der Waals surface area contributed by atoms with E-state index in [9.17, 15) is 62.9 Å². The van der Waals surface area contributed by atoms with Gasteiger partial charge in [-0.2, -0.15) is 64.4 Å². The first kappa shape index (κ1) is 29.1. The number of hydrogen-bond donors (Lipinski definition) is 2. The van der Waals surface area contributed by atoms with Crippen LogP contribution >= 0.6 is 11.8 Å². The smallest absolute Gasteiger partial charge is 0.388 e. The van der Waals surface area contributed by atoms with Gasteiger partial charge in [0.05, 0.1) is 34.5 Å². The maximum Gasteiger partial charge on any atom is 0.416 e. The average molecular weight is 546 g/mol. The van der Waals surface area contributed by atoms with Gasteiger partial charge in [-0.1, -0.05) is 0 Å². The normalized spacial score (nSPS) is 15.3. The highest BCUT2D eigenvalue weighted by molar-refractivity contribution is 7.99. The molecule has 0 aromatic heterocycles. The van der Waals surface area contributed by atoms with Crippen molar-refractivity contribution in [3.63, 3.8) is 0 Å². The van der Waals surface area contributed by atoms with Crippen LogP contribution in [0.4, 0.5) is 52.7 Å². The largest absolute Gasteiger partial charge is 0.416 e. The maximum absolute atomic E-state index is 12.9. The molecule has 0 saturated heterocycles. The molecule has 15 heteroatoms. The van der Waals surface area contributed by atoms with Crippen LogP contribution in [0.15, 0.2) is 36.4 Å². The highest BCUT2D eigenvalue weighted by Crippen LogP contribution is 2.39. The Morgan fingerprint density at radius 1 is 0.486 bits per heavy atom. The summed E-state index contributed by atoms with van der Waals surface area (Å²) in [6, 6.07) is 0.801. The molecule has 2 rings (SSSR count). The fourth-order valence-electron chi connectivity index (χ4n) is 2.83. The van der Waals surface area contributed by atoms with Crippen molar-refractivity contribution >= 4 is 11.8 Å². The monoisotopic (exact) mass is 546 g/mol. The number of benzene rings is 2. The number of rotatable bonds is 6. The average Bonchev–Trinajstić information content (AvgIpc) is 2.70. The molecule has 0 amide bonds. The van der Waals surface area contributed by atoms with Crippen molar-refractivity contribution in [1.82, 2.24) is 0 Å². The van der Waals surface area contributed by atoms with E-state index in [1.807, 2.05) is 0 Å². The Kier molecular flexibility index (Phi) is 8.39. The van der Waals surface area contributed by atoms with Gasteiger partial charge in [0.2, 0.25) is 0 Å². The third-order valence-corrected chi connectivity index (χ3v) is 5.64. The van der Waals surface area contributed by atoms with Crippen molar-refractivity contribution in [2.24, 2.45) is 0 Å². The summed E-state index contributed by atoms with van der Waals surface area (Å²) < 4.78 is 155. The van der Waals surface area contributed by atoms with Crippen molar-refractivity contribution in [3.05, 3.63) is 69.8 Å². The molecule has 35 heavy (non-hydrogen) atoms. The van der Waals surface area contributed by atoms with E-state index < -0.39 is 81.8 Å². The highest BCUT2D eigenvalue weighted by atomic mass is 32.2. The van der Waals surface area contributed by atoms with E-state index in [4.69, 9.17) is 0 Å². The molecule has 2 atom stereocenters. The minimum atomic E-state index is -5.17. The van der Waals surface area contributed by atoms with Crippen molar-refractivity contribution in [1.29, 1.82) is 0 Å². The third-order valence-electron chi connectivity index (χ3n) is 4.54. The molecule has 0 bridgehead atoms. The van der Waals surface area contributed by atoms with E-state index in [1.165, 1.54) is 0 Å². The molecule has 2 aromatic carbocycles. The second kappa shape index (κ2) is 10.1. The van der Waals surface area contributed by atoms with Crippen LogP contribution in [-0.2, 0) is 24.7 Å². The highest BCUT2D eigenvalue weighted by Gasteiger charge is 2.38. The molecule has 196 valence electrons. The van der Waals surface area contributed by atoms with Crippen molar-refractivity contribution in [2.75, 3.05) is 11.5 Å². The third kappa shape index (κ3) is 7.93. The van der Waals surface area contributed by atoms with Gasteiger partial charge >= 0.3 is 24.7 Å². The molecule has 2 unspecified atom stereocenters. The lowest BCUT2D eigenvalue weighted by molar-refractivity contribution is -0.144. The van der Waals surface area contributed by atoms with Gasteiger partial charge in [0.1, 0.15) is 0 Å². The Balaban J connectivity index is 2.21. The number of thioether (sulfide) groups is 1. The van der Waals surface area contributed by atoms with Gasteiger partial charge in [-0.15, -0.1) is 0 Å². The van der Waals surface area contributed by atoms with Gasteiger partial charge in [-0.05, 0) is 47.5 Å². The first-order valence-electron chi connectivity index (χ1n) is 9.22. The van der Waals surface area contributed by atoms with E-state index >= 15 is 0 Å². The SMILES string of the molecule is OC(CSCC(O)c1cc(C(F)(F)F)cc(C(F)(F)F)c1)c1cc(C(F)(F)F)cc(C(F)(F)F)c1. The Morgan fingerprint density at radius 2 is 0.714 bits per heavy atom. The second-order valence-corrected chi connectivity index (χ2v) is 8.32. The zero-order chi connectivity index (χ0) is 27.0. The minimum Gasteiger partial charge on any atom is -0.388 e. The first-order chi connectivity index (χ1) is 15.7. The molecule has 0 saturated carbocycles. The van der Waals surface area contributed by atoms with Crippen LogP contribution in [0.3, 0.4) is 0 Å². The number of alkyl halides is 12. The molecule has 0 radical (unpaired) electrons. The zero-order valence-electron chi connectivity index (χ0n) is 16.9. The van der Waals surface area contributed by atoms with Crippen LogP contribution in [0, 0.1) is 0 Å². The molecule has 0 aliphatic heterocycles. The van der Waals surface area contributed by atoms with Gasteiger partial charge in [-0.3, -0.25) is 0 Å². The zero-order valence-corrected chi connectivity index (χ0v) is 17.7. The van der Waals surface area contributed by atoms with E-state index in [0.717, 1.165) is 0 Å². The van der Waals surface area contributed by atoms with Gasteiger partial charge < -0.3 is 10.2 Å². The predicted molar refractivity (Wildman–Crippen MR) is 100 cm³/mol. The van der Waals surface area contributed by atoms with Crippen LogP contribution < -0.4 is 0 Å². The molecular formula is C20H14F12O2S. The van der Waals surface area contributed by atoms with Crippen LogP contribution in [-0.4, -0.2) is 21.7 Å². The molecule has 0 fully saturated rings. The number of halogens is 12. The molecule has 2 N–H and O–H groups in total. The van der Waals surface area contributed by atoms with Crippen LogP contribution in [0.25, 0.3) is 0 Å². The summed E-state index contributed by atoms with van der Waals surface area (Å²) in [6.07, 6.45) is -24.5. The van der Waals surface area contributed by atoms with Crippen molar-refractivity contribution in [2.45, 2.75) is 36.9 Å². The molecule has 0 aliphatic rings. The van der Waals surface area contributed by atoms with Crippen molar-refractivity contribution in [3.8, 4) is 0 Å². The maximum atomic E-state index is 12.9. The summed E-state index contributed by atoms with van der Waals surface area (Å²) in [4.78, 5) is 0. The minimum absolute atomic E-state index is 0.154. The summed E-state index contributed by atoms with van der Waals surface area (Å²) >= 11 is 0.488. The fourth-order valence-corrected chi connectivity index (χ4v) is 3.79. The molecule has 0 aliphatic carbocycles. The predicted octanol–water partition coefficient (Wildman–Crippen LogP) is 7.26. The fraction of sp³-hybridized carbons (Fsp3) is 0.400. The summed E-state index contributed by atoms with van der Waals surface area (Å²) in [7, 11) is 0. The number of aliphatic hydroxyl groups excluding tert-OH is 2. The Hall–Kier alpha value is -2.13. The molecule has 0 spiro atoms. The summed E-state index contributed by atoms with van der Waals surface area (Å²) in [5.74, 6) is -1.25. The van der Waals surface area contributed by atoms with Crippen LogP contribution in [0.1, 0.15) is 45.6 Å². The lowest BCUT2D eigenvalue weighted by Crippen LogP contribution is -2.14. The first-order valence-corrected chi connectivity index (χ1v) is 10.4. The topological polar surface area (TPSA) is 40.5 Å². The van der Waals surface area contributed by atoms with Crippen molar-refractivity contribution < 1.29 is 62.9 Å². The molecule has 0 heterocycles. The van der Waals surface area contributed by atoms with Gasteiger partial charge in [0, 0.05) is 11.5 Å². The Bertz CT molecular complexity index is 879. The quantitative estimate of drug-likeness (QED) is 0.375. The van der Waals surface area contributed by atoms with E-state index in [-0.39, 0.29) is 36.4 Å². The van der Waals surface area contributed by atoms with Gasteiger partial charge in [0.15, 0.2) is 0 Å². The second-order valence-electron chi connectivity index (χ2n) is 7.25. The summed E-state index contributed by atoms with van der Waals surface area (Å²) in [6.45, 7) is 0. The molecule has 2 aromatic rings. The van der Waals surface area contributed by atoms with Gasteiger partial charge in [0.25, 0.3) is 0 Å². The summed E-state index contributed by atoms with van der Waals surface area (Å²) in [5.41, 5.74) is -8.28. The lowest BCUT2D eigenvalue weighted by Gasteiger charge is -2.19. The standard InChI is InChI=1S/C20H14F12O2S/c21-17(22,23)11-1-9(2-12(5-11)18(24,25)26)15(33)7-35-8-16(34)10-3-13(19(27,28)29)6-14(4-10)20(30,31)32/h1-6,15-16,33-34H,7-8H2. The number of hydrogen-bond acceptors (Lipinski definition) is 3. The van der Waals surface area contributed by atoms with Crippen LogP contribution in [0.5, 0.6) is 0 Å². The summed E-state index contributed by atoms with van der Waals surface area (Å²) in [5, 5.41) is 20.1. The Morgan fingerprint density at radius 3 is 0.914 bits per heavy atom. The van der Waals surface area contributed by atoms with E-state index in [2.05, 4.69) is 0 Å². The van der Waals surface area contributed by atoms with E-state index in [1.54, 1.807) is 0 Å². The van der Waals surface area contributed by atoms with Crippen LogP contribution in [0.2, 0.25) is 0 Å². The molecular weight excluding hydrogens is 532 g/mol. The van der Waals surface area contributed by atoms with Gasteiger partial charge in [-0.25, -0.2) is 0 Å². The Labute approximate surface area is 193 Å². The lowest BCUT2D eigenvalue weighted by atomic mass is 10.0. The van der Waals surface area contributed by atoms with E-state index in [0.29, 0.717) is 11.8 Å². The molecule has 2 nitrogen and oxygen atoms in total. The number of aliphatic hydroxyl groups is 2.